The SMILES string of the molecule is Cc1ccccc1C(=O)NC(CC(C)C)C(=O)Nc1nnc(-c2ccccc2)s1. The molecule has 0 bridgehead atoms. The zero-order chi connectivity index (χ0) is 20.8. The normalized spacial score (nSPS) is 11.9. The Morgan fingerprint density at radius 2 is 1.69 bits per heavy atom. The van der Waals surface area contributed by atoms with Gasteiger partial charge >= 0.3 is 0 Å². The third-order valence-electron chi connectivity index (χ3n) is 4.39. The molecule has 29 heavy (non-hydrogen) atoms. The number of carbonyl (C=O) groups excluding carboxylic acids is 2. The molecule has 0 fully saturated rings. The van der Waals surface area contributed by atoms with Gasteiger partial charge in [0, 0.05) is 11.1 Å². The summed E-state index contributed by atoms with van der Waals surface area (Å²) >= 11 is 1.30. The van der Waals surface area contributed by atoms with Gasteiger partial charge in [-0.25, -0.2) is 0 Å². The van der Waals surface area contributed by atoms with Crippen LogP contribution in [0, 0.1) is 12.8 Å². The van der Waals surface area contributed by atoms with E-state index in [1.165, 1.54) is 11.3 Å². The number of amides is 2. The van der Waals surface area contributed by atoms with Gasteiger partial charge in [0.2, 0.25) is 11.0 Å². The van der Waals surface area contributed by atoms with Crippen LogP contribution < -0.4 is 10.6 Å². The summed E-state index contributed by atoms with van der Waals surface area (Å²) in [6.45, 7) is 5.90. The van der Waals surface area contributed by atoms with Gasteiger partial charge in [-0.05, 0) is 30.9 Å². The monoisotopic (exact) mass is 408 g/mol. The van der Waals surface area contributed by atoms with Crippen LogP contribution in [0.2, 0.25) is 0 Å². The molecule has 0 aliphatic carbocycles. The minimum absolute atomic E-state index is 0.234. The number of nitrogens with one attached hydrogen (secondary N) is 2. The molecule has 0 saturated carbocycles. The summed E-state index contributed by atoms with van der Waals surface area (Å²) in [6.07, 6.45) is 0.522. The van der Waals surface area contributed by atoms with E-state index in [1.807, 2.05) is 69.3 Å². The van der Waals surface area contributed by atoms with Crippen LogP contribution in [0.25, 0.3) is 10.6 Å². The van der Waals surface area contributed by atoms with Crippen molar-refractivity contribution in [3.05, 3.63) is 65.7 Å². The second-order valence-corrected chi connectivity index (χ2v) is 8.22. The minimum atomic E-state index is -0.661. The smallest absolute Gasteiger partial charge is 0.252 e. The molecule has 150 valence electrons. The van der Waals surface area contributed by atoms with Gasteiger partial charge in [-0.2, -0.15) is 0 Å². The van der Waals surface area contributed by atoms with Crippen LogP contribution >= 0.6 is 11.3 Å². The van der Waals surface area contributed by atoms with Gasteiger partial charge in [0.15, 0.2) is 0 Å². The molecule has 0 spiro atoms. The van der Waals surface area contributed by atoms with Gasteiger partial charge in [0.05, 0.1) is 0 Å². The van der Waals surface area contributed by atoms with Crippen LogP contribution in [0.1, 0.15) is 36.2 Å². The van der Waals surface area contributed by atoms with Crippen LogP contribution in [-0.4, -0.2) is 28.1 Å². The number of hydrogen-bond acceptors (Lipinski definition) is 5. The number of aryl methyl sites for hydroxylation is 1. The molecule has 1 aromatic heterocycles. The summed E-state index contributed by atoms with van der Waals surface area (Å²) in [7, 11) is 0. The maximum atomic E-state index is 12.9. The van der Waals surface area contributed by atoms with E-state index < -0.39 is 6.04 Å². The number of nitrogens with zero attached hydrogens (tertiary/aromatic N) is 2. The van der Waals surface area contributed by atoms with Gasteiger partial charge < -0.3 is 5.32 Å². The molecule has 2 amide bonds. The summed E-state index contributed by atoms with van der Waals surface area (Å²) < 4.78 is 0. The lowest BCUT2D eigenvalue weighted by atomic mass is 10.0. The second-order valence-electron chi connectivity index (χ2n) is 7.24. The van der Waals surface area contributed by atoms with Crippen LogP contribution in [-0.2, 0) is 4.79 Å². The van der Waals surface area contributed by atoms with E-state index >= 15 is 0 Å². The molecule has 0 aliphatic rings. The summed E-state index contributed by atoms with van der Waals surface area (Å²) in [5.41, 5.74) is 2.37. The average molecular weight is 409 g/mol. The third kappa shape index (κ3) is 5.48. The van der Waals surface area contributed by atoms with E-state index in [0.717, 1.165) is 16.1 Å². The number of benzene rings is 2. The maximum absolute atomic E-state index is 12.9. The van der Waals surface area contributed by atoms with Crippen molar-refractivity contribution in [3.8, 4) is 10.6 Å². The summed E-state index contributed by atoms with van der Waals surface area (Å²) in [5.74, 6) is -0.320. The predicted molar refractivity (Wildman–Crippen MR) is 116 cm³/mol. The third-order valence-corrected chi connectivity index (χ3v) is 5.28. The number of rotatable bonds is 7. The largest absolute Gasteiger partial charge is 0.340 e. The van der Waals surface area contributed by atoms with E-state index in [4.69, 9.17) is 0 Å². The Labute approximate surface area is 174 Å². The summed E-state index contributed by atoms with van der Waals surface area (Å²) in [4.78, 5) is 25.5. The van der Waals surface area contributed by atoms with E-state index in [0.29, 0.717) is 17.1 Å². The zero-order valence-electron chi connectivity index (χ0n) is 16.7. The molecule has 3 aromatic rings. The van der Waals surface area contributed by atoms with Crippen molar-refractivity contribution in [2.45, 2.75) is 33.2 Å². The van der Waals surface area contributed by atoms with E-state index in [2.05, 4.69) is 20.8 Å². The van der Waals surface area contributed by atoms with Crippen molar-refractivity contribution in [1.82, 2.24) is 15.5 Å². The first kappa shape index (κ1) is 20.7. The summed E-state index contributed by atoms with van der Waals surface area (Å²) in [6, 6.07) is 16.3. The van der Waals surface area contributed by atoms with Crippen LogP contribution in [0.3, 0.4) is 0 Å². The van der Waals surface area contributed by atoms with Crippen molar-refractivity contribution >= 4 is 28.3 Å². The molecule has 3 rings (SSSR count). The zero-order valence-corrected chi connectivity index (χ0v) is 17.5. The molecule has 0 aliphatic heterocycles. The van der Waals surface area contributed by atoms with Crippen molar-refractivity contribution in [1.29, 1.82) is 0 Å². The first-order chi connectivity index (χ1) is 13.9. The Morgan fingerprint density at radius 3 is 2.38 bits per heavy atom. The first-order valence-electron chi connectivity index (χ1n) is 9.50. The van der Waals surface area contributed by atoms with Crippen LogP contribution in [0.15, 0.2) is 54.6 Å². The fourth-order valence-electron chi connectivity index (χ4n) is 2.93. The molecule has 7 heteroatoms. The number of carbonyl (C=O) groups is 2. The molecule has 1 atom stereocenters. The van der Waals surface area contributed by atoms with E-state index in [9.17, 15) is 9.59 Å². The minimum Gasteiger partial charge on any atom is -0.340 e. The fraction of sp³-hybridized carbons (Fsp3) is 0.273. The van der Waals surface area contributed by atoms with Crippen LogP contribution in [0.4, 0.5) is 5.13 Å². The van der Waals surface area contributed by atoms with Crippen molar-refractivity contribution in [2.75, 3.05) is 5.32 Å². The molecule has 0 radical (unpaired) electrons. The van der Waals surface area contributed by atoms with Gasteiger partial charge in [-0.1, -0.05) is 73.7 Å². The quantitative estimate of drug-likeness (QED) is 0.611. The molecule has 2 N–H and O–H groups in total. The lowest BCUT2D eigenvalue weighted by molar-refractivity contribution is -0.118. The average Bonchev–Trinajstić information content (AvgIpc) is 3.16. The Hall–Kier alpha value is -3.06. The van der Waals surface area contributed by atoms with Crippen LogP contribution in [0.5, 0.6) is 0 Å². The van der Waals surface area contributed by atoms with Crippen molar-refractivity contribution in [3.63, 3.8) is 0 Å². The highest BCUT2D eigenvalue weighted by Gasteiger charge is 2.24. The highest BCUT2D eigenvalue weighted by atomic mass is 32.1. The lowest BCUT2D eigenvalue weighted by Gasteiger charge is -2.20. The fourth-order valence-corrected chi connectivity index (χ4v) is 3.68. The molecule has 1 unspecified atom stereocenters. The molecule has 0 saturated heterocycles. The van der Waals surface area contributed by atoms with Gasteiger partial charge in [0.25, 0.3) is 5.91 Å². The molecule has 1 heterocycles. The lowest BCUT2D eigenvalue weighted by Crippen LogP contribution is -2.44. The number of anilines is 1. The predicted octanol–water partition coefficient (Wildman–Crippen LogP) is 4.30. The molecule has 2 aromatic carbocycles. The van der Waals surface area contributed by atoms with Gasteiger partial charge in [-0.3, -0.25) is 14.9 Å². The van der Waals surface area contributed by atoms with Gasteiger partial charge in [0.1, 0.15) is 11.0 Å². The highest BCUT2D eigenvalue weighted by Crippen LogP contribution is 2.26. The standard InChI is InChI=1S/C22H24N4O2S/c1-14(2)13-18(23-19(27)17-12-8-7-9-15(17)3)20(28)24-22-26-25-21(29-22)16-10-5-4-6-11-16/h4-12,14,18H,13H2,1-3H3,(H,23,27)(H,24,26,28). The van der Waals surface area contributed by atoms with Crippen molar-refractivity contribution in [2.24, 2.45) is 5.92 Å². The Bertz CT molecular complexity index is 985. The van der Waals surface area contributed by atoms with E-state index in [-0.39, 0.29) is 17.7 Å². The number of aromatic nitrogens is 2. The van der Waals surface area contributed by atoms with Crippen molar-refractivity contribution < 1.29 is 9.59 Å². The van der Waals surface area contributed by atoms with E-state index in [1.54, 1.807) is 6.07 Å². The first-order valence-corrected chi connectivity index (χ1v) is 10.3. The number of hydrogen-bond donors (Lipinski definition) is 2. The Balaban J connectivity index is 1.72. The highest BCUT2D eigenvalue weighted by molar-refractivity contribution is 7.18. The summed E-state index contributed by atoms with van der Waals surface area (Å²) in [5, 5.41) is 15.0. The topological polar surface area (TPSA) is 84.0 Å². The second kappa shape index (κ2) is 9.43. The maximum Gasteiger partial charge on any atom is 0.252 e. The Morgan fingerprint density at radius 1 is 1.00 bits per heavy atom. The Kier molecular flexibility index (Phi) is 6.72. The molecular weight excluding hydrogens is 384 g/mol. The van der Waals surface area contributed by atoms with Gasteiger partial charge in [-0.15, -0.1) is 10.2 Å². The molecule has 6 nitrogen and oxygen atoms in total. The molecular formula is C22H24N4O2S.